The van der Waals surface area contributed by atoms with Gasteiger partial charge in [0, 0.05) is 32.4 Å². The maximum Gasteiger partial charge on any atom is 0.246 e. The van der Waals surface area contributed by atoms with Gasteiger partial charge in [-0.15, -0.1) is 0 Å². The molecule has 0 saturated carbocycles. The Labute approximate surface area is 126 Å². The lowest BCUT2D eigenvalue weighted by atomic mass is 10.0. The van der Waals surface area contributed by atoms with Crippen LogP contribution in [0.25, 0.3) is 6.08 Å². The highest BCUT2D eigenvalue weighted by molar-refractivity contribution is 5.92. The van der Waals surface area contributed by atoms with Gasteiger partial charge in [-0.2, -0.15) is 0 Å². The second kappa shape index (κ2) is 7.27. The van der Waals surface area contributed by atoms with Gasteiger partial charge < -0.3 is 14.9 Å². The number of aliphatic hydroxyl groups is 1. The van der Waals surface area contributed by atoms with Gasteiger partial charge in [-0.1, -0.05) is 12.1 Å². The number of anilines is 1. The maximum atomic E-state index is 12.2. The third kappa shape index (κ3) is 4.08. The van der Waals surface area contributed by atoms with Crippen molar-refractivity contribution >= 4 is 17.7 Å². The average molecular weight is 288 g/mol. The molecule has 1 atom stereocenters. The molecule has 1 unspecified atom stereocenters. The second-order valence-electron chi connectivity index (χ2n) is 5.68. The molecule has 1 saturated heterocycles. The van der Waals surface area contributed by atoms with E-state index in [2.05, 4.69) is 0 Å². The molecule has 0 bridgehead atoms. The topological polar surface area (TPSA) is 43.8 Å². The molecular weight excluding hydrogens is 264 g/mol. The summed E-state index contributed by atoms with van der Waals surface area (Å²) in [7, 11) is 4.00. The quantitative estimate of drug-likeness (QED) is 0.863. The largest absolute Gasteiger partial charge is 0.394 e. The number of hydrogen-bond donors (Lipinski definition) is 1. The smallest absolute Gasteiger partial charge is 0.246 e. The van der Waals surface area contributed by atoms with Crippen LogP contribution in [0.15, 0.2) is 30.3 Å². The fourth-order valence-electron chi connectivity index (χ4n) is 2.63. The number of carbonyl (C=O) groups excluding carboxylic acids is 1. The van der Waals surface area contributed by atoms with Crippen molar-refractivity contribution in [2.24, 2.45) is 0 Å². The van der Waals surface area contributed by atoms with Crippen molar-refractivity contribution in [3.63, 3.8) is 0 Å². The average Bonchev–Trinajstić information content (AvgIpc) is 2.52. The van der Waals surface area contributed by atoms with Gasteiger partial charge in [-0.25, -0.2) is 0 Å². The molecule has 1 heterocycles. The maximum absolute atomic E-state index is 12.2. The fraction of sp³-hybridized carbons (Fsp3) is 0.471. The molecule has 2 rings (SSSR count). The zero-order valence-corrected chi connectivity index (χ0v) is 12.8. The molecule has 0 radical (unpaired) electrons. The van der Waals surface area contributed by atoms with E-state index in [1.807, 2.05) is 49.3 Å². The summed E-state index contributed by atoms with van der Waals surface area (Å²) in [5, 5.41) is 9.36. The van der Waals surface area contributed by atoms with Gasteiger partial charge in [0.25, 0.3) is 0 Å². The van der Waals surface area contributed by atoms with Gasteiger partial charge in [0.15, 0.2) is 0 Å². The molecule has 1 aliphatic rings. The van der Waals surface area contributed by atoms with Crippen LogP contribution in [0.2, 0.25) is 0 Å². The molecule has 1 aromatic carbocycles. The molecule has 1 aliphatic heterocycles. The summed E-state index contributed by atoms with van der Waals surface area (Å²) in [4.78, 5) is 16.1. The molecule has 0 aromatic heterocycles. The number of aliphatic hydroxyl groups excluding tert-OH is 1. The molecule has 4 nitrogen and oxygen atoms in total. The van der Waals surface area contributed by atoms with Gasteiger partial charge >= 0.3 is 0 Å². The standard InChI is InChI=1S/C17H24N2O2/c1-18(2)15-9-6-14(7-10-15)8-11-17(21)19-12-4-3-5-16(19)13-20/h6-11,16,20H,3-5,12-13H2,1-2H3/b11-8+. The van der Waals surface area contributed by atoms with E-state index in [4.69, 9.17) is 0 Å². The van der Waals surface area contributed by atoms with E-state index in [0.29, 0.717) is 0 Å². The lowest BCUT2D eigenvalue weighted by molar-refractivity contribution is -0.130. The summed E-state index contributed by atoms with van der Waals surface area (Å²) < 4.78 is 0. The predicted octanol–water partition coefficient (Wildman–Crippen LogP) is 2.14. The number of nitrogens with zero attached hydrogens (tertiary/aromatic N) is 2. The van der Waals surface area contributed by atoms with Crippen LogP contribution in [-0.4, -0.2) is 49.2 Å². The summed E-state index contributed by atoms with van der Waals surface area (Å²) >= 11 is 0. The van der Waals surface area contributed by atoms with Gasteiger partial charge in [-0.05, 0) is 43.0 Å². The van der Waals surface area contributed by atoms with E-state index < -0.39 is 0 Å². The lowest BCUT2D eigenvalue weighted by Gasteiger charge is -2.33. The van der Waals surface area contributed by atoms with Crippen LogP contribution < -0.4 is 4.90 Å². The van der Waals surface area contributed by atoms with Crippen LogP contribution in [0.1, 0.15) is 24.8 Å². The van der Waals surface area contributed by atoms with Crippen molar-refractivity contribution in [2.45, 2.75) is 25.3 Å². The van der Waals surface area contributed by atoms with Crippen molar-refractivity contribution in [1.82, 2.24) is 4.90 Å². The van der Waals surface area contributed by atoms with Crippen molar-refractivity contribution < 1.29 is 9.90 Å². The third-order valence-electron chi connectivity index (χ3n) is 3.95. The zero-order chi connectivity index (χ0) is 15.2. The number of hydrogen-bond acceptors (Lipinski definition) is 3. The first kappa shape index (κ1) is 15.6. The first-order chi connectivity index (χ1) is 10.1. The Morgan fingerprint density at radius 1 is 1.33 bits per heavy atom. The Hall–Kier alpha value is -1.81. The Kier molecular flexibility index (Phi) is 5.39. The van der Waals surface area contributed by atoms with E-state index in [-0.39, 0.29) is 18.6 Å². The summed E-state index contributed by atoms with van der Waals surface area (Å²) in [6.07, 6.45) is 6.45. The summed E-state index contributed by atoms with van der Waals surface area (Å²) in [5.74, 6) is -0.00886. The first-order valence-electron chi connectivity index (χ1n) is 7.48. The molecule has 1 aromatic rings. The number of benzene rings is 1. The summed E-state index contributed by atoms with van der Waals surface area (Å²) in [6.45, 7) is 0.797. The van der Waals surface area contributed by atoms with E-state index >= 15 is 0 Å². The molecule has 0 spiro atoms. The highest BCUT2D eigenvalue weighted by Gasteiger charge is 2.24. The van der Waals surface area contributed by atoms with Crippen molar-refractivity contribution in [2.75, 3.05) is 32.1 Å². The van der Waals surface area contributed by atoms with E-state index in [0.717, 1.165) is 37.1 Å². The summed E-state index contributed by atoms with van der Waals surface area (Å²) in [5.41, 5.74) is 2.14. The van der Waals surface area contributed by atoms with Crippen LogP contribution >= 0.6 is 0 Å². The summed E-state index contributed by atoms with van der Waals surface area (Å²) in [6, 6.07) is 8.04. The SMILES string of the molecule is CN(C)c1ccc(/C=C/C(=O)N2CCCCC2CO)cc1. The molecular formula is C17H24N2O2. The fourth-order valence-corrected chi connectivity index (χ4v) is 2.63. The molecule has 114 valence electrons. The van der Waals surface area contributed by atoms with Crippen LogP contribution in [0, 0.1) is 0 Å². The Morgan fingerprint density at radius 2 is 2.05 bits per heavy atom. The van der Waals surface area contributed by atoms with Crippen molar-refractivity contribution in [1.29, 1.82) is 0 Å². The van der Waals surface area contributed by atoms with Gasteiger partial charge in [0.05, 0.1) is 12.6 Å². The van der Waals surface area contributed by atoms with Crippen LogP contribution in [-0.2, 0) is 4.79 Å². The lowest BCUT2D eigenvalue weighted by Crippen LogP contribution is -2.44. The number of piperidine rings is 1. The molecule has 0 aliphatic carbocycles. The molecule has 1 N–H and O–H groups in total. The molecule has 1 fully saturated rings. The van der Waals surface area contributed by atoms with Crippen LogP contribution in [0.3, 0.4) is 0 Å². The first-order valence-corrected chi connectivity index (χ1v) is 7.48. The number of likely N-dealkylation sites (tertiary alicyclic amines) is 1. The third-order valence-corrected chi connectivity index (χ3v) is 3.95. The molecule has 4 heteroatoms. The number of amides is 1. The van der Waals surface area contributed by atoms with E-state index in [9.17, 15) is 9.90 Å². The molecule has 21 heavy (non-hydrogen) atoms. The number of rotatable bonds is 4. The highest BCUT2D eigenvalue weighted by Crippen LogP contribution is 2.18. The Bertz CT molecular complexity index is 494. The minimum Gasteiger partial charge on any atom is -0.394 e. The van der Waals surface area contributed by atoms with Gasteiger partial charge in [0.2, 0.25) is 5.91 Å². The van der Waals surface area contributed by atoms with Crippen LogP contribution in [0.5, 0.6) is 0 Å². The Balaban J connectivity index is 2.00. The second-order valence-corrected chi connectivity index (χ2v) is 5.68. The molecule has 1 amide bonds. The van der Waals surface area contributed by atoms with E-state index in [1.54, 1.807) is 11.0 Å². The minimum absolute atomic E-state index is 0.00886. The van der Waals surface area contributed by atoms with Gasteiger partial charge in [0.1, 0.15) is 0 Å². The van der Waals surface area contributed by atoms with Crippen molar-refractivity contribution in [3.8, 4) is 0 Å². The monoisotopic (exact) mass is 288 g/mol. The highest BCUT2D eigenvalue weighted by atomic mass is 16.3. The minimum atomic E-state index is -0.0213. The van der Waals surface area contributed by atoms with Crippen LogP contribution in [0.4, 0.5) is 5.69 Å². The number of carbonyl (C=O) groups is 1. The van der Waals surface area contributed by atoms with Crippen molar-refractivity contribution in [3.05, 3.63) is 35.9 Å². The van der Waals surface area contributed by atoms with E-state index in [1.165, 1.54) is 0 Å². The Morgan fingerprint density at radius 3 is 2.67 bits per heavy atom. The predicted molar refractivity (Wildman–Crippen MR) is 86.2 cm³/mol. The normalized spacial score (nSPS) is 19.0. The zero-order valence-electron chi connectivity index (χ0n) is 12.8. The van der Waals surface area contributed by atoms with Gasteiger partial charge in [-0.3, -0.25) is 4.79 Å².